The topological polar surface area (TPSA) is 74.8 Å². The number of rotatable bonds is 4. The average molecular weight is 512 g/mol. The van der Waals surface area contributed by atoms with Crippen molar-refractivity contribution in [3.63, 3.8) is 0 Å². The van der Waals surface area contributed by atoms with Crippen LogP contribution in [0.4, 0.5) is 0 Å². The minimum atomic E-state index is -0.179. The standard InChI is InChI=1S/C26H18BrN5O2/c1-34-21-9-5-2-6-16(21)14-31-15-28-24-22(26(31)33)23-25(30-20-8-4-3-7-19(20)29-23)32(24)18-12-10-17(27)11-13-18/h2-13,15H,14H2,1H3. The van der Waals surface area contributed by atoms with Crippen LogP contribution in [-0.4, -0.2) is 31.2 Å². The van der Waals surface area contributed by atoms with Gasteiger partial charge in [-0.05, 0) is 42.5 Å². The smallest absolute Gasteiger partial charge is 0.265 e. The molecule has 8 heteroatoms. The molecule has 0 aliphatic carbocycles. The van der Waals surface area contributed by atoms with Crippen LogP contribution in [-0.2, 0) is 6.54 Å². The summed E-state index contributed by atoms with van der Waals surface area (Å²) in [6.07, 6.45) is 1.57. The Hall–Kier alpha value is -4.04. The van der Waals surface area contributed by atoms with Gasteiger partial charge < -0.3 is 4.74 Å². The van der Waals surface area contributed by atoms with Crippen LogP contribution in [0.2, 0.25) is 0 Å². The van der Waals surface area contributed by atoms with Crippen LogP contribution in [0.3, 0.4) is 0 Å². The van der Waals surface area contributed by atoms with E-state index in [9.17, 15) is 4.79 Å². The number of fused-ring (bicyclic) bond motifs is 4. The highest BCUT2D eigenvalue weighted by atomic mass is 79.9. The summed E-state index contributed by atoms with van der Waals surface area (Å²) in [5, 5.41) is 0.438. The summed E-state index contributed by atoms with van der Waals surface area (Å²) in [7, 11) is 1.62. The first-order valence-electron chi connectivity index (χ1n) is 10.7. The van der Waals surface area contributed by atoms with Crippen molar-refractivity contribution in [1.82, 2.24) is 24.1 Å². The second-order valence-electron chi connectivity index (χ2n) is 7.88. The average Bonchev–Trinajstić information content (AvgIpc) is 3.19. The van der Waals surface area contributed by atoms with Gasteiger partial charge >= 0.3 is 0 Å². The highest BCUT2D eigenvalue weighted by Gasteiger charge is 2.21. The largest absolute Gasteiger partial charge is 0.496 e. The predicted molar refractivity (Wildman–Crippen MR) is 136 cm³/mol. The van der Waals surface area contributed by atoms with Crippen LogP contribution < -0.4 is 10.3 Å². The maximum Gasteiger partial charge on any atom is 0.265 e. The zero-order valence-corrected chi connectivity index (χ0v) is 19.7. The van der Waals surface area contributed by atoms with E-state index < -0.39 is 0 Å². The molecule has 3 aromatic heterocycles. The molecule has 6 aromatic rings. The van der Waals surface area contributed by atoms with Gasteiger partial charge in [-0.25, -0.2) is 15.0 Å². The van der Waals surface area contributed by atoms with Crippen molar-refractivity contribution in [3.8, 4) is 11.4 Å². The molecule has 166 valence electrons. The van der Waals surface area contributed by atoms with Crippen LogP contribution in [0.5, 0.6) is 5.75 Å². The van der Waals surface area contributed by atoms with Crippen LogP contribution in [0.1, 0.15) is 5.56 Å². The van der Waals surface area contributed by atoms with E-state index in [1.165, 1.54) is 0 Å². The fourth-order valence-corrected chi connectivity index (χ4v) is 4.50. The van der Waals surface area contributed by atoms with Crippen molar-refractivity contribution < 1.29 is 4.74 Å². The fourth-order valence-electron chi connectivity index (χ4n) is 4.24. The first-order valence-corrected chi connectivity index (χ1v) is 11.5. The number of benzene rings is 3. The summed E-state index contributed by atoms with van der Waals surface area (Å²) in [5.74, 6) is 0.720. The Balaban J connectivity index is 1.67. The first-order chi connectivity index (χ1) is 16.6. The summed E-state index contributed by atoms with van der Waals surface area (Å²) >= 11 is 3.49. The predicted octanol–water partition coefficient (Wildman–Crippen LogP) is 5.10. The molecule has 0 N–H and O–H groups in total. The third-order valence-electron chi connectivity index (χ3n) is 5.85. The Bertz CT molecular complexity index is 1760. The van der Waals surface area contributed by atoms with Crippen molar-refractivity contribution in [2.45, 2.75) is 6.54 Å². The van der Waals surface area contributed by atoms with E-state index in [2.05, 4.69) is 15.9 Å². The monoisotopic (exact) mass is 511 g/mol. The third-order valence-corrected chi connectivity index (χ3v) is 6.38. The quantitative estimate of drug-likeness (QED) is 0.329. The number of para-hydroxylation sites is 3. The molecule has 34 heavy (non-hydrogen) atoms. The summed E-state index contributed by atoms with van der Waals surface area (Å²) in [6, 6.07) is 23.1. The van der Waals surface area contributed by atoms with E-state index in [1.807, 2.05) is 77.4 Å². The lowest BCUT2D eigenvalue weighted by atomic mass is 10.2. The van der Waals surface area contributed by atoms with Gasteiger partial charge in [0.2, 0.25) is 0 Å². The van der Waals surface area contributed by atoms with E-state index in [-0.39, 0.29) is 5.56 Å². The molecular weight excluding hydrogens is 494 g/mol. The van der Waals surface area contributed by atoms with Gasteiger partial charge in [0.25, 0.3) is 5.56 Å². The zero-order chi connectivity index (χ0) is 23.2. The molecule has 0 saturated heterocycles. The molecule has 0 fully saturated rings. The number of methoxy groups -OCH3 is 1. The highest BCUT2D eigenvalue weighted by molar-refractivity contribution is 9.10. The molecule has 0 saturated carbocycles. The van der Waals surface area contributed by atoms with E-state index >= 15 is 0 Å². The van der Waals surface area contributed by atoms with Gasteiger partial charge in [0, 0.05) is 15.7 Å². The minimum Gasteiger partial charge on any atom is -0.496 e. The van der Waals surface area contributed by atoms with E-state index in [4.69, 9.17) is 19.7 Å². The maximum atomic E-state index is 13.8. The van der Waals surface area contributed by atoms with Gasteiger partial charge in [0.05, 0.1) is 24.7 Å². The summed E-state index contributed by atoms with van der Waals surface area (Å²) < 4.78 is 9.91. The van der Waals surface area contributed by atoms with Crippen LogP contribution in [0, 0.1) is 0 Å². The van der Waals surface area contributed by atoms with E-state index in [0.717, 1.165) is 32.5 Å². The van der Waals surface area contributed by atoms with Gasteiger partial charge in [-0.3, -0.25) is 13.9 Å². The molecule has 7 nitrogen and oxygen atoms in total. The van der Waals surface area contributed by atoms with E-state index in [0.29, 0.717) is 28.7 Å². The summed E-state index contributed by atoms with van der Waals surface area (Å²) in [6.45, 7) is 0.331. The molecule has 0 bridgehead atoms. The molecule has 0 amide bonds. The van der Waals surface area contributed by atoms with Gasteiger partial charge in [-0.1, -0.05) is 46.3 Å². The Kier molecular flexibility index (Phi) is 4.88. The Labute approximate surface area is 202 Å². The Morgan fingerprint density at radius 2 is 1.59 bits per heavy atom. The van der Waals surface area contributed by atoms with Crippen molar-refractivity contribution >= 4 is 49.2 Å². The number of aromatic nitrogens is 5. The molecular formula is C26H18BrN5O2. The molecule has 0 spiro atoms. The van der Waals surface area contributed by atoms with Crippen molar-refractivity contribution in [2.24, 2.45) is 0 Å². The first kappa shape index (κ1) is 20.6. The van der Waals surface area contributed by atoms with E-state index in [1.54, 1.807) is 18.0 Å². The Morgan fingerprint density at radius 3 is 2.35 bits per heavy atom. The number of nitrogens with zero attached hydrogens (tertiary/aromatic N) is 5. The SMILES string of the molecule is COc1ccccc1Cn1cnc2c(c1=O)c1nc3ccccc3nc1n2-c1ccc(Br)cc1. The lowest BCUT2D eigenvalue weighted by Gasteiger charge is -2.10. The minimum absolute atomic E-state index is 0.179. The number of halogens is 1. The lowest BCUT2D eigenvalue weighted by molar-refractivity contribution is 0.408. The second-order valence-corrected chi connectivity index (χ2v) is 8.80. The van der Waals surface area contributed by atoms with Crippen molar-refractivity contribution in [3.05, 3.63) is 99.5 Å². The molecule has 3 heterocycles. The zero-order valence-electron chi connectivity index (χ0n) is 18.1. The van der Waals surface area contributed by atoms with Crippen LogP contribution >= 0.6 is 15.9 Å². The molecule has 3 aromatic carbocycles. The van der Waals surface area contributed by atoms with Crippen LogP contribution in [0.25, 0.3) is 38.9 Å². The van der Waals surface area contributed by atoms with Gasteiger partial charge in [-0.15, -0.1) is 0 Å². The van der Waals surface area contributed by atoms with Gasteiger partial charge in [-0.2, -0.15) is 0 Å². The Morgan fingerprint density at radius 1 is 0.882 bits per heavy atom. The maximum absolute atomic E-state index is 13.8. The van der Waals surface area contributed by atoms with Gasteiger partial charge in [0.15, 0.2) is 11.3 Å². The summed E-state index contributed by atoms with van der Waals surface area (Å²) in [5.41, 5.74) is 4.69. The number of hydrogen-bond donors (Lipinski definition) is 0. The van der Waals surface area contributed by atoms with Crippen LogP contribution in [0.15, 0.2) is 88.4 Å². The molecule has 0 aliphatic heterocycles. The number of hydrogen-bond acceptors (Lipinski definition) is 5. The molecule has 0 atom stereocenters. The lowest BCUT2D eigenvalue weighted by Crippen LogP contribution is -2.21. The molecule has 0 unspecified atom stereocenters. The normalized spacial score (nSPS) is 11.5. The molecule has 6 rings (SSSR count). The third kappa shape index (κ3) is 3.26. The second kappa shape index (κ2) is 8.07. The molecule has 0 aliphatic rings. The molecule has 0 radical (unpaired) electrons. The van der Waals surface area contributed by atoms with Gasteiger partial charge in [0.1, 0.15) is 23.0 Å². The fraction of sp³-hybridized carbons (Fsp3) is 0.0769. The summed E-state index contributed by atoms with van der Waals surface area (Å²) in [4.78, 5) is 28.2. The highest BCUT2D eigenvalue weighted by Crippen LogP contribution is 2.29. The van der Waals surface area contributed by atoms with Crippen molar-refractivity contribution in [1.29, 1.82) is 0 Å². The number of ether oxygens (including phenoxy) is 1. The van der Waals surface area contributed by atoms with Crippen molar-refractivity contribution in [2.75, 3.05) is 7.11 Å².